The van der Waals surface area contributed by atoms with Gasteiger partial charge in [-0.15, -0.1) is 0 Å². The van der Waals surface area contributed by atoms with Crippen molar-refractivity contribution in [3.8, 4) is 0 Å². The van der Waals surface area contributed by atoms with Gasteiger partial charge in [0.15, 0.2) is 0 Å². The minimum absolute atomic E-state index is 0.0635. The Morgan fingerprint density at radius 1 is 1.24 bits per heavy atom. The van der Waals surface area contributed by atoms with Gasteiger partial charge >= 0.3 is 0 Å². The summed E-state index contributed by atoms with van der Waals surface area (Å²) in [6, 6.07) is 13.6. The fraction of sp³-hybridized carbons (Fsp3) is 0.538. The minimum Gasteiger partial charge on any atom is -0.388 e. The number of carbonyl (C=O) groups is 1. The molecule has 6 atom stereocenters. The number of nitrogens with zero attached hydrogens (tertiary/aromatic N) is 2. The van der Waals surface area contributed by atoms with Crippen LogP contribution >= 0.6 is 0 Å². The van der Waals surface area contributed by atoms with Crippen molar-refractivity contribution in [3.05, 3.63) is 66.0 Å². The van der Waals surface area contributed by atoms with E-state index in [4.69, 9.17) is 4.74 Å². The zero-order chi connectivity index (χ0) is 23.6. The first kappa shape index (κ1) is 23.8. The van der Waals surface area contributed by atoms with Gasteiger partial charge in [-0.25, -0.2) is 0 Å². The zero-order valence-electron chi connectivity index (χ0n) is 19.6. The van der Waals surface area contributed by atoms with E-state index in [0.717, 1.165) is 0 Å². The van der Waals surface area contributed by atoms with Gasteiger partial charge in [-0.05, 0) is 70.3 Å². The molecule has 2 fully saturated rings. The normalized spacial score (nSPS) is 32.7. The molecule has 33 heavy (non-hydrogen) atoms. The molecule has 7 heteroatoms. The molecule has 7 nitrogen and oxygen atoms in total. The fourth-order valence-electron chi connectivity index (χ4n) is 5.66. The summed E-state index contributed by atoms with van der Waals surface area (Å²) in [6.45, 7) is 2.03. The molecule has 2 aliphatic rings. The van der Waals surface area contributed by atoms with Crippen LogP contribution in [-0.4, -0.2) is 76.1 Å². The molecule has 2 saturated heterocycles. The number of ether oxygens (including phenoxy) is 1. The number of pyridine rings is 1. The van der Waals surface area contributed by atoms with Crippen LogP contribution in [-0.2, 0) is 4.74 Å². The number of carbonyl (C=O) groups excluding carboxylic acids is 1. The molecule has 0 spiro atoms. The van der Waals surface area contributed by atoms with Crippen molar-refractivity contribution in [2.45, 2.75) is 68.0 Å². The standard InChI is InChI=1S/C26H35N3O4/c1-25-14-20(18-8-5-4-6-9-18)15-26(33-25,12-11-21(23(25)31)29(2)3)22(30)17-28-24(32)19-10-7-13-27-16-19/h4-10,13,16,20-23,30-31H,11-12,14-15,17H2,1-3H3,(H,28,32)/t20-,21-,22-,23+,25+,26+/m1/s1. The number of nitrogens with one attached hydrogen (secondary N) is 1. The summed E-state index contributed by atoms with van der Waals surface area (Å²) < 4.78 is 6.68. The monoisotopic (exact) mass is 453 g/mol. The zero-order valence-corrected chi connectivity index (χ0v) is 19.6. The lowest BCUT2D eigenvalue weighted by Gasteiger charge is -2.52. The largest absolute Gasteiger partial charge is 0.388 e. The van der Waals surface area contributed by atoms with Crippen LogP contribution in [0.15, 0.2) is 54.9 Å². The first-order chi connectivity index (χ1) is 15.7. The first-order valence-corrected chi connectivity index (χ1v) is 11.7. The van der Waals surface area contributed by atoms with E-state index in [1.165, 1.54) is 11.8 Å². The maximum absolute atomic E-state index is 12.6. The second-order valence-electron chi connectivity index (χ2n) is 9.98. The number of aliphatic hydroxyl groups is 2. The molecule has 2 aliphatic heterocycles. The lowest BCUT2D eigenvalue weighted by molar-refractivity contribution is -0.250. The number of hydrogen-bond acceptors (Lipinski definition) is 6. The Balaban J connectivity index is 1.62. The van der Waals surface area contributed by atoms with Crippen molar-refractivity contribution in [2.24, 2.45) is 0 Å². The maximum atomic E-state index is 12.6. The number of aliphatic hydroxyl groups excluding tert-OH is 2. The third-order valence-corrected chi connectivity index (χ3v) is 7.45. The summed E-state index contributed by atoms with van der Waals surface area (Å²) in [5.41, 5.74) is -0.0683. The van der Waals surface area contributed by atoms with E-state index in [9.17, 15) is 15.0 Å². The second kappa shape index (κ2) is 9.50. The average molecular weight is 454 g/mol. The SMILES string of the molecule is CN(C)[C@@H]1CC[C@@]2([C@H](O)CNC(=O)c3cccnc3)C[C@H](c3ccccc3)C[C@](C)(O2)[C@H]1O. The fourth-order valence-corrected chi connectivity index (χ4v) is 5.66. The van der Waals surface area contributed by atoms with Crippen LogP contribution < -0.4 is 5.32 Å². The Labute approximate surface area is 195 Å². The van der Waals surface area contributed by atoms with Crippen molar-refractivity contribution >= 4 is 5.91 Å². The molecule has 0 aliphatic carbocycles. The minimum atomic E-state index is -0.919. The van der Waals surface area contributed by atoms with E-state index in [1.807, 2.05) is 44.1 Å². The van der Waals surface area contributed by atoms with Crippen molar-refractivity contribution in [3.63, 3.8) is 0 Å². The van der Waals surface area contributed by atoms with Gasteiger partial charge in [-0.1, -0.05) is 30.3 Å². The van der Waals surface area contributed by atoms with Crippen LogP contribution in [0.2, 0.25) is 0 Å². The van der Waals surface area contributed by atoms with E-state index in [1.54, 1.807) is 18.3 Å². The summed E-state index contributed by atoms with van der Waals surface area (Å²) >= 11 is 0. The van der Waals surface area contributed by atoms with Crippen LogP contribution in [0.3, 0.4) is 0 Å². The van der Waals surface area contributed by atoms with Gasteiger partial charge in [0.1, 0.15) is 6.10 Å². The molecule has 3 heterocycles. The summed E-state index contributed by atoms with van der Waals surface area (Å²) in [4.78, 5) is 18.6. The number of fused-ring (bicyclic) bond motifs is 2. The van der Waals surface area contributed by atoms with Gasteiger partial charge in [0.2, 0.25) is 0 Å². The maximum Gasteiger partial charge on any atom is 0.252 e. The molecule has 0 saturated carbocycles. The van der Waals surface area contributed by atoms with E-state index in [2.05, 4.69) is 22.4 Å². The Morgan fingerprint density at radius 2 is 2.00 bits per heavy atom. The number of aromatic nitrogens is 1. The van der Waals surface area contributed by atoms with Crippen molar-refractivity contribution in [1.82, 2.24) is 15.2 Å². The van der Waals surface area contributed by atoms with Crippen LogP contribution in [0.4, 0.5) is 0 Å². The lowest BCUT2D eigenvalue weighted by atomic mass is 9.72. The van der Waals surface area contributed by atoms with Gasteiger partial charge in [-0.3, -0.25) is 9.78 Å². The van der Waals surface area contributed by atoms with Gasteiger partial charge in [0, 0.05) is 25.0 Å². The lowest BCUT2D eigenvalue weighted by Crippen LogP contribution is -2.61. The molecule has 2 aromatic rings. The molecule has 0 unspecified atom stereocenters. The highest BCUT2D eigenvalue weighted by molar-refractivity contribution is 5.93. The number of rotatable bonds is 6. The Hall–Kier alpha value is -2.32. The van der Waals surface area contributed by atoms with E-state index < -0.39 is 23.4 Å². The van der Waals surface area contributed by atoms with E-state index in [-0.39, 0.29) is 24.4 Å². The molecular weight excluding hydrogens is 418 g/mol. The summed E-state index contributed by atoms with van der Waals surface area (Å²) in [5, 5.41) is 25.7. The van der Waals surface area contributed by atoms with Gasteiger partial charge in [0.05, 0.1) is 22.9 Å². The molecule has 1 amide bonds. The number of amides is 1. The Kier molecular flexibility index (Phi) is 6.86. The Morgan fingerprint density at radius 3 is 2.67 bits per heavy atom. The summed E-state index contributed by atoms with van der Waals surface area (Å²) in [7, 11) is 3.94. The van der Waals surface area contributed by atoms with Crippen LogP contribution in [0.25, 0.3) is 0 Å². The van der Waals surface area contributed by atoms with Gasteiger partial charge in [-0.2, -0.15) is 0 Å². The molecule has 1 aromatic carbocycles. The van der Waals surface area contributed by atoms with E-state index in [0.29, 0.717) is 31.2 Å². The average Bonchev–Trinajstić information content (AvgIpc) is 2.90. The smallest absolute Gasteiger partial charge is 0.252 e. The second-order valence-corrected chi connectivity index (χ2v) is 9.98. The Bertz CT molecular complexity index is 941. The van der Waals surface area contributed by atoms with Crippen LogP contribution in [0, 0.1) is 0 Å². The van der Waals surface area contributed by atoms with Crippen LogP contribution in [0.5, 0.6) is 0 Å². The molecule has 4 rings (SSSR count). The third-order valence-electron chi connectivity index (χ3n) is 7.45. The topological polar surface area (TPSA) is 94.9 Å². The molecular formula is C26H35N3O4. The third kappa shape index (κ3) is 4.82. The number of hydrogen-bond donors (Lipinski definition) is 3. The predicted octanol–water partition coefficient (Wildman–Crippen LogP) is 2.35. The highest BCUT2D eigenvalue weighted by Gasteiger charge is 2.57. The molecule has 3 N–H and O–H groups in total. The van der Waals surface area contributed by atoms with Gasteiger partial charge < -0.3 is 25.2 Å². The first-order valence-electron chi connectivity index (χ1n) is 11.7. The van der Waals surface area contributed by atoms with Crippen molar-refractivity contribution in [2.75, 3.05) is 20.6 Å². The highest BCUT2D eigenvalue weighted by atomic mass is 16.6. The van der Waals surface area contributed by atoms with E-state index >= 15 is 0 Å². The van der Waals surface area contributed by atoms with Crippen molar-refractivity contribution in [1.29, 1.82) is 0 Å². The number of likely N-dealkylation sites (N-methyl/N-ethyl adjacent to an activating group) is 1. The molecule has 1 aromatic heterocycles. The van der Waals surface area contributed by atoms with Gasteiger partial charge in [0.25, 0.3) is 5.91 Å². The van der Waals surface area contributed by atoms with Crippen LogP contribution in [0.1, 0.15) is 54.4 Å². The molecule has 0 radical (unpaired) electrons. The quantitative estimate of drug-likeness (QED) is 0.622. The van der Waals surface area contributed by atoms with Crippen molar-refractivity contribution < 1.29 is 19.7 Å². The highest BCUT2D eigenvalue weighted by Crippen LogP contribution is 2.51. The molecule has 2 bridgehead atoms. The molecule has 178 valence electrons. The summed E-state index contributed by atoms with van der Waals surface area (Å²) in [5.74, 6) is -0.152. The summed E-state index contributed by atoms with van der Waals surface area (Å²) in [6.07, 6.45) is 4.08. The number of benzene rings is 1. The predicted molar refractivity (Wildman–Crippen MR) is 126 cm³/mol.